The van der Waals surface area contributed by atoms with Crippen molar-refractivity contribution >= 4 is 17.3 Å². The average molecular weight is 206 g/mol. The van der Waals surface area contributed by atoms with Crippen molar-refractivity contribution in [1.82, 2.24) is 10.2 Å². The Morgan fingerprint density at radius 1 is 1.14 bits per heavy atom. The van der Waals surface area contributed by atoms with Gasteiger partial charge in [0.15, 0.2) is 0 Å². The quantitative estimate of drug-likeness (QED) is 0.778. The van der Waals surface area contributed by atoms with E-state index >= 15 is 0 Å². The molecule has 14 heavy (non-hydrogen) atoms. The van der Waals surface area contributed by atoms with Crippen molar-refractivity contribution in [3.05, 3.63) is 41.6 Å². The highest BCUT2D eigenvalue weighted by Gasteiger charge is 2.07. The minimum absolute atomic E-state index is 0.429. The van der Waals surface area contributed by atoms with E-state index in [1.807, 2.05) is 30.3 Å². The van der Waals surface area contributed by atoms with Crippen molar-refractivity contribution in [3.8, 4) is 11.3 Å². The fourth-order valence-electron chi connectivity index (χ4n) is 1.18. The zero-order valence-electron chi connectivity index (χ0n) is 7.31. The Morgan fingerprint density at radius 2 is 1.86 bits per heavy atom. The van der Waals surface area contributed by atoms with Crippen LogP contribution in [0.25, 0.3) is 11.3 Å². The summed E-state index contributed by atoms with van der Waals surface area (Å²) >= 11 is 5.84. The van der Waals surface area contributed by atoms with Gasteiger partial charge in [0.25, 0.3) is 0 Å². The fraction of sp³-hybridized carbons (Fsp3) is 0. The molecule has 1 heterocycles. The number of halogens is 1. The maximum Gasteiger partial charge on any atom is 0.117 e. The Bertz CT molecular complexity index is 442. The minimum Gasteiger partial charge on any atom is -0.396 e. The zero-order chi connectivity index (χ0) is 9.97. The molecule has 0 radical (unpaired) electrons. The Morgan fingerprint density at radius 3 is 2.57 bits per heavy atom. The van der Waals surface area contributed by atoms with Crippen molar-refractivity contribution in [3.63, 3.8) is 0 Å². The molecule has 4 heteroatoms. The second-order valence-corrected chi connectivity index (χ2v) is 3.23. The van der Waals surface area contributed by atoms with Crippen LogP contribution < -0.4 is 5.73 Å². The number of rotatable bonds is 1. The summed E-state index contributed by atoms with van der Waals surface area (Å²) in [5.74, 6) is 0. The van der Waals surface area contributed by atoms with Crippen molar-refractivity contribution in [2.75, 3.05) is 5.73 Å². The number of anilines is 1. The topological polar surface area (TPSA) is 51.8 Å². The summed E-state index contributed by atoms with van der Waals surface area (Å²) in [4.78, 5) is 0. The largest absolute Gasteiger partial charge is 0.396 e. The van der Waals surface area contributed by atoms with Crippen LogP contribution in [-0.4, -0.2) is 10.2 Å². The van der Waals surface area contributed by atoms with Gasteiger partial charge in [-0.25, -0.2) is 0 Å². The van der Waals surface area contributed by atoms with Gasteiger partial charge in [-0.05, 0) is 0 Å². The van der Waals surface area contributed by atoms with Gasteiger partial charge in [-0.3, -0.25) is 0 Å². The van der Waals surface area contributed by atoms with Gasteiger partial charge in [0, 0.05) is 5.56 Å². The molecular formula is C10H8ClN3. The van der Waals surface area contributed by atoms with E-state index in [1.165, 1.54) is 6.20 Å². The number of nitrogen functional groups attached to an aromatic ring is 1. The Kier molecular flexibility index (Phi) is 2.33. The molecule has 0 saturated heterocycles. The maximum atomic E-state index is 5.84. The first-order valence-electron chi connectivity index (χ1n) is 4.11. The summed E-state index contributed by atoms with van der Waals surface area (Å²) in [5, 5.41) is 8.14. The van der Waals surface area contributed by atoms with Gasteiger partial charge in [0.2, 0.25) is 0 Å². The lowest BCUT2D eigenvalue weighted by Crippen LogP contribution is -1.96. The number of hydrogen-bond donors (Lipinski definition) is 1. The lowest BCUT2D eigenvalue weighted by Gasteiger charge is -2.03. The molecule has 0 saturated carbocycles. The van der Waals surface area contributed by atoms with E-state index in [2.05, 4.69) is 10.2 Å². The van der Waals surface area contributed by atoms with E-state index in [9.17, 15) is 0 Å². The molecule has 0 spiro atoms. The SMILES string of the molecule is Nc1c(Cl)cnnc1-c1ccccc1. The van der Waals surface area contributed by atoms with Crippen molar-refractivity contribution in [2.45, 2.75) is 0 Å². The Balaban J connectivity index is 2.58. The number of hydrogen-bond acceptors (Lipinski definition) is 3. The molecule has 0 aliphatic heterocycles. The van der Waals surface area contributed by atoms with Crippen LogP contribution in [0, 0.1) is 0 Å². The van der Waals surface area contributed by atoms with Gasteiger partial charge in [-0.15, -0.1) is 5.10 Å². The van der Waals surface area contributed by atoms with Gasteiger partial charge >= 0.3 is 0 Å². The van der Waals surface area contributed by atoms with Crippen molar-refractivity contribution in [2.24, 2.45) is 0 Å². The first kappa shape index (κ1) is 8.97. The lowest BCUT2D eigenvalue weighted by atomic mass is 10.1. The molecule has 0 atom stereocenters. The van der Waals surface area contributed by atoms with E-state index in [1.54, 1.807) is 0 Å². The predicted molar refractivity (Wildman–Crippen MR) is 56.9 cm³/mol. The van der Waals surface area contributed by atoms with Gasteiger partial charge < -0.3 is 5.73 Å². The van der Waals surface area contributed by atoms with E-state index in [0.717, 1.165) is 5.56 Å². The Labute approximate surface area is 86.5 Å². The van der Waals surface area contributed by atoms with Crippen LogP contribution in [-0.2, 0) is 0 Å². The molecule has 70 valence electrons. The van der Waals surface area contributed by atoms with E-state index in [0.29, 0.717) is 16.4 Å². The second-order valence-electron chi connectivity index (χ2n) is 2.82. The standard InChI is InChI=1S/C10H8ClN3/c11-8-6-13-14-10(9(8)12)7-4-2-1-3-5-7/h1-6H,(H2,12,13). The first-order chi connectivity index (χ1) is 6.79. The van der Waals surface area contributed by atoms with Crippen molar-refractivity contribution in [1.29, 1.82) is 0 Å². The third-order valence-corrected chi connectivity index (χ3v) is 2.19. The summed E-state index contributed by atoms with van der Waals surface area (Å²) in [7, 11) is 0. The fourth-order valence-corrected chi connectivity index (χ4v) is 1.32. The van der Waals surface area contributed by atoms with Crippen LogP contribution in [0.1, 0.15) is 0 Å². The number of nitrogens with two attached hydrogens (primary N) is 1. The molecular weight excluding hydrogens is 198 g/mol. The zero-order valence-corrected chi connectivity index (χ0v) is 8.07. The van der Waals surface area contributed by atoms with Crippen LogP contribution in [0.15, 0.2) is 36.5 Å². The van der Waals surface area contributed by atoms with E-state index < -0.39 is 0 Å². The summed E-state index contributed by atoms with van der Waals surface area (Å²) in [6, 6.07) is 9.58. The number of aromatic nitrogens is 2. The highest BCUT2D eigenvalue weighted by molar-refractivity contribution is 6.33. The number of nitrogens with zero attached hydrogens (tertiary/aromatic N) is 2. The van der Waals surface area contributed by atoms with Crippen LogP contribution in [0.3, 0.4) is 0 Å². The monoisotopic (exact) mass is 205 g/mol. The molecule has 0 fully saturated rings. The van der Waals surface area contributed by atoms with Crippen LogP contribution in [0.4, 0.5) is 5.69 Å². The van der Waals surface area contributed by atoms with Crippen LogP contribution in [0.2, 0.25) is 5.02 Å². The van der Waals surface area contributed by atoms with Gasteiger partial charge in [0.1, 0.15) is 5.69 Å². The average Bonchev–Trinajstić information content (AvgIpc) is 2.23. The molecule has 0 amide bonds. The summed E-state index contributed by atoms with van der Waals surface area (Å²) in [6.45, 7) is 0. The summed E-state index contributed by atoms with van der Waals surface area (Å²) in [5.41, 5.74) is 7.79. The highest BCUT2D eigenvalue weighted by Crippen LogP contribution is 2.27. The lowest BCUT2D eigenvalue weighted by molar-refractivity contribution is 1.04. The second kappa shape index (κ2) is 3.64. The third-order valence-electron chi connectivity index (χ3n) is 1.89. The first-order valence-corrected chi connectivity index (χ1v) is 4.49. The van der Waals surface area contributed by atoms with Crippen LogP contribution >= 0.6 is 11.6 Å². The smallest absolute Gasteiger partial charge is 0.117 e. The number of benzene rings is 1. The van der Waals surface area contributed by atoms with Gasteiger partial charge in [-0.1, -0.05) is 41.9 Å². The molecule has 0 aliphatic rings. The Hall–Kier alpha value is -1.61. The van der Waals surface area contributed by atoms with Gasteiger partial charge in [-0.2, -0.15) is 5.10 Å². The molecule has 1 aromatic carbocycles. The molecule has 3 nitrogen and oxygen atoms in total. The summed E-state index contributed by atoms with van der Waals surface area (Å²) < 4.78 is 0. The predicted octanol–water partition coefficient (Wildman–Crippen LogP) is 2.38. The molecule has 0 bridgehead atoms. The maximum absolute atomic E-state index is 5.84. The molecule has 2 rings (SSSR count). The molecule has 0 unspecified atom stereocenters. The van der Waals surface area contributed by atoms with E-state index in [-0.39, 0.29) is 0 Å². The minimum atomic E-state index is 0.429. The molecule has 2 N–H and O–H groups in total. The normalized spacial score (nSPS) is 10.1. The van der Waals surface area contributed by atoms with Gasteiger partial charge in [0.05, 0.1) is 16.9 Å². The molecule has 2 aromatic rings. The molecule has 0 aliphatic carbocycles. The van der Waals surface area contributed by atoms with E-state index in [4.69, 9.17) is 17.3 Å². The molecule has 1 aromatic heterocycles. The third kappa shape index (κ3) is 1.54. The summed E-state index contributed by atoms with van der Waals surface area (Å²) in [6.07, 6.45) is 1.43. The highest BCUT2D eigenvalue weighted by atomic mass is 35.5. The van der Waals surface area contributed by atoms with Crippen LogP contribution in [0.5, 0.6) is 0 Å². The van der Waals surface area contributed by atoms with Crippen molar-refractivity contribution < 1.29 is 0 Å².